The highest BCUT2D eigenvalue weighted by Crippen LogP contribution is 2.33. The summed E-state index contributed by atoms with van der Waals surface area (Å²) in [7, 11) is 0. The lowest BCUT2D eigenvalue weighted by atomic mass is 9.80. The van der Waals surface area contributed by atoms with Gasteiger partial charge in [-0.25, -0.2) is 0 Å². The molecule has 17 heavy (non-hydrogen) atoms. The van der Waals surface area contributed by atoms with Crippen molar-refractivity contribution >= 4 is 11.5 Å². The third kappa shape index (κ3) is 2.21. The van der Waals surface area contributed by atoms with Crippen LogP contribution in [-0.4, -0.2) is 11.8 Å². The van der Waals surface area contributed by atoms with Crippen LogP contribution in [0.15, 0.2) is 24.3 Å². The third-order valence-corrected chi connectivity index (χ3v) is 4.24. The zero-order valence-electron chi connectivity index (χ0n) is 10.1. The largest absolute Gasteiger partial charge is 0.382 e. The minimum atomic E-state index is 0.456. The lowest BCUT2D eigenvalue weighted by Crippen LogP contribution is -2.35. The normalized spacial score (nSPS) is 25.2. The van der Waals surface area contributed by atoms with E-state index in [1.54, 1.807) is 0 Å². The molecule has 1 heterocycles. The molecule has 1 atom stereocenters. The first-order valence-electron chi connectivity index (χ1n) is 6.69. The van der Waals surface area contributed by atoms with Crippen LogP contribution in [0.4, 0.5) is 5.69 Å². The molecule has 0 amide bonds. The monoisotopic (exact) mass is 229 g/mol. The van der Waals surface area contributed by atoms with E-state index in [2.05, 4.69) is 29.6 Å². The zero-order valence-corrected chi connectivity index (χ0v) is 10.1. The van der Waals surface area contributed by atoms with Gasteiger partial charge in [-0.2, -0.15) is 0 Å². The molecule has 90 valence electrons. The van der Waals surface area contributed by atoms with Gasteiger partial charge in [0.05, 0.1) is 0 Å². The fraction of sp³-hybridized carbons (Fsp3) is 0.533. The maximum absolute atomic E-state index is 11.3. The van der Waals surface area contributed by atoms with Crippen LogP contribution in [0.5, 0.6) is 0 Å². The van der Waals surface area contributed by atoms with E-state index in [0.29, 0.717) is 17.7 Å². The van der Waals surface area contributed by atoms with Gasteiger partial charge < -0.3 is 5.32 Å². The van der Waals surface area contributed by atoms with E-state index < -0.39 is 0 Å². The number of para-hydroxylation sites is 1. The number of ketones is 1. The minimum Gasteiger partial charge on any atom is -0.382 e. The molecule has 1 saturated carbocycles. The van der Waals surface area contributed by atoms with Crippen molar-refractivity contribution in [3.63, 3.8) is 0 Å². The minimum absolute atomic E-state index is 0.456. The molecule has 0 saturated heterocycles. The summed E-state index contributed by atoms with van der Waals surface area (Å²) >= 11 is 0. The Balaban J connectivity index is 1.69. The van der Waals surface area contributed by atoms with Crippen LogP contribution in [0, 0.1) is 5.92 Å². The van der Waals surface area contributed by atoms with Gasteiger partial charge in [-0.1, -0.05) is 18.2 Å². The van der Waals surface area contributed by atoms with Crippen molar-refractivity contribution in [3.8, 4) is 0 Å². The average Bonchev–Trinajstić information content (AvgIpc) is 2.39. The molecular weight excluding hydrogens is 210 g/mol. The topological polar surface area (TPSA) is 29.1 Å². The van der Waals surface area contributed by atoms with Crippen LogP contribution >= 0.6 is 0 Å². The number of hydrogen-bond donors (Lipinski definition) is 1. The first-order chi connectivity index (χ1) is 8.33. The van der Waals surface area contributed by atoms with Gasteiger partial charge in [-0.05, 0) is 43.2 Å². The molecule has 3 rings (SSSR count). The van der Waals surface area contributed by atoms with Crippen LogP contribution in [0.2, 0.25) is 0 Å². The van der Waals surface area contributed by atoms with E-state index in [1.807, 2.05) is 0 Å². The molecule has 2 heteroatoms. The number of aryl methyl sites for hydroxylation is 1. The Kier molecular flexibility index (Phi) is 2.87. The standard InChI is InChI=1S/C15H19NO/c17-13-8-5-12(6-9-13)15-10-7-11-3-1-2-4-14(11)16-15/h1-4,12,15-16H,5-10H2. The highest BCUT2D eigenvalue weighted by atomic mass is 16.1. The second kappa shape index (κ2) is 4.52. The maximum Gasteiger partial charge on any atom is 0.132 e. The summed E-state index contributed by atoms with van der Waals surface area (Å²) in [6.45, 7) is 0. The second-order valence-corrected chi connectivity index (χ2v) is 5.32. The Morgan fingerprint density at radius 1 is 1.00 bits per heavy atom. The van der Waals surface area contributed by atoms with E-state index in [4.69, 9.17) is 0 Å². The summed E-state index contributed by atoms with van der Waals surface area (Å²) in [4.78, 5) is 11.3. The van der Waals surface area contributed by atoms with Gasteiger partial charge in [0.15, 0.2) is 0 Å². The number of rotatable bonds is 1. The molecule has 0 radical (unpaired) electrons. The first kappa shape index (κ1) is 10.8. The fourth-order valence-corrected chi connectivity index (χ4v) is 3.18. The number of benzene rings is 1. The van der Waals surface area contributed by atoms with Crippen molar-refractivity contribution in [2.24, 2.45) is 5.92 Å². The van der Waals surface area contributed by atoms with Crippen molar-refractivity contribution < 1.29 is 4.79 Å². The van der Waals surface area contributed by atoms with Gasteiger partial charge >= 0.3 is 0 Å². The molecule has 0 spiro atoms. The summed E-state index contributed by atoms with van der Waals surface area (Å²) in [5, 5.41) is 3.67. The fourth-order valence-electron chi connectivity index (χ4n) is 3.18. The number of fused-ring (bicyclic) bond motifs is 1. The highest BCUT2D eigenvalue weighted by molar-refractivity contribution is 5.79. The molecule has 1 aliphatic carbocycles. The molecule has 1 N–H and O–H groups in total. The van der Waals surface area contributed by atoms with Crippen LogP contribution in [0.25, 0.3) is 0 Å². The van der Waals surface area contributed by atoms with Crippen LogP contribution in [-0.2, 0) is 11.2 Å². The summed E-state index contributed by atoms with van der Waals surface area (Å²) in [5.74, 6) is 1.15. The Hall–Kier alpha value is -1.31. The first-order valence-corrected chi connectivity index (χ1v) is 6.69. The number of carbonyl (C=O) groups is 1. The molecule has 0 aromatic heterocycles. The van der Waals surface area contributed by atoms with E-state index in [-0.39, 0.29) is 0 Å². The molecule has 2 aliphatic rings. The number of hydrogen-bond acceptors (Lipinski definition) is 2. The van der Waals surface area contributed by atoms with Gasteiger partial charge in [0, 0.05) is 24.6 Å². The van der Waals surface area contributed by atoms with Crippen molar-refractivity contribution in [1.29, 1.82) is 0 Å². The predicted molar refractivity (Wildman–Crippen MR) is 69.1 cm³/mol. The van der Waals surface area contributed by atoms with E-state index >= 15 is 0 Å². The zero-order chi connectivity index (χ0) is 11.7. The van der Waals surface area contributed by atoms with Crippen LogP contribution in [0.1, 0.15) is 37.7 Å². The van der Waals surface area contributed by atoms with Gasteiger partial charge in [-0.3, -0.25) is 4.79 Å². The average molecular weight is 229 g/mol. The Morgan fingerprint density at radius 3 is 2.59 bits per heavy atom. The summed E-state index contributed by atoms with van der Waals surface area (Å²) in [5.41, 5.74) is 2.75. The van der Waals surface area contributed by atoms with Crippen molar-refractivity contribution in [3.05, 3.63) is 29.8 Å². The van der Waals surface area contributed by atoms with E-state index in [1.165, 1.54) is 24.1 Å². The van der Waals surface area contributed by atoms with Gasteiger partial charge in [0.1, 0.15) is 5.78 Å². The van der Waals surface area contributed by atoms with E-state index in [9.17, 15) is 4.79 Å². The Labute approximate surface area is 102 Å². The number of nitrogens with one attached hydrogen (secondary N) is 1. The summed E-state index contributed by atoms with van der Waals surface area (Å²) in [6, 6.07) is 9.18. The molecule has 0 bridgehead atoms. The lowest BCUT2D eigenvalue weighted by Gasteiger charge is -2.35. The molecule has 1 unspecified atom stereocenters. The quantitative estimate of drug-likeness (QED) is 0.801. The number of anilines is 1. The summed E-state index contributed by atoms with van der Waals surface area (Å²) in [6.07, 6.45) is 6.15. The second-order valence-electron chi connectivity index (χ2n) is 5.32. The number of Topliss-reactive ketones (excluding diaryl/α,β-unsaturated/α-hetero) is 1. The van der Waals surface area contributed by atoms with Crippen molar-refractivity contribution in [2.45, 2.75) is 44.6 Å². The highest BCUT2D eigenvalue weighted by Gasteiger charge is 2.28. The third-order valence-electron chi connectivity index (χ3n) is 4.24. The molecule has 1 fully saturated rings. The van der Waals surface area contributed by atoms with Crippen molar-refractivity contribution in [2.75, 3.05) is 5.32 Å². The Morgan fingerprint density at radius 2 is 1.76 bits per heavy atom. The SMILES string of the molecule is O=C1CCC(C2CCc3ccccc3N2)CC1. The lowest BCUT2D eigenvalue weighted by molar-refractivity contribution is -0.121. The molecule has 1 aromatic rings. The molecular formula is C15H19NO. The number of carbonyl (C=O) groups excluding carboxylic acids is 1. The molecule has 1 aliphatic heterocycles. The van der Waals surface area contributed by atoms with Gasteiger partial charge in [0.25, 0.3) is 0 Å². The smallest absolute Gasteiger partial charge is 0.132 e. The maximum atomic E-state index is 11.3. The molecule has 2 nitrogen and oxygen atoms in total. The predicted octanol–water partition coefficient (Wildman–Crippen LogP) is 3.17. The van der Waals surface area contributed by atoms with Crippen LogP contribution < -0.4 is 5.32 Å². The van der Waals surface area contributed by atoms with Gasteiger partial charge in [0.2, 0.25) is 0 Å². The Bertz CT molecular complexity index is 417. The van der Waals surface area contributed by atoms with Crippen molar-refractivity contribution in [1.82, 2.24) is 0 Å². The summed E-state index contributed by atoms with van der Waals surface area (Å²) < 4.78 is 0. The van der Waals surface area contributed by atoms with E-state index in [0.717, 1.165) is 25.7 Å². The van der Waals surface area contributed by atoms with Gasteiger partial charge in [-0.15, -0.1) is 0 Å². The van der Waals surface area contributed by atoms with Crippen LogP contribution in [0.3, 0.4) is 0 Å². The molecule has 1 aromatic carbocycles.